The van der Waals surface area contributed by atoms with Crippen molar-refractivity contribution in [1.82, 2.24) is 19.8 Å². The fourth-order valence-corrected chi connectivity index (χ4v) is 3.78. The van der Waals surface area contributed by atoms with Crippen LogP contribution in [0.4, 0.5) is 0 Å². The van der Waals surface area contributed by atoms with Crippen LogP contribution >= 0.6 is 0 Å². The molecule has 1 fully saturated rings. The molecule has 1 saturated heterocycles. The van der Waals surface area contributed by atoms with Crippen molar-refractivity contribution in [2.75, 3.05) is 19.6 Å². The van der Waals surface area contributed by atoms with Gasteiger partial charge in [-0.1, -0.05) is 19.9 Å². The summed E-state index contributed by atoms with van der Waals surface area (Å²) < 4.78 is 0. The number of carbonyl (C=O) groups is 1. The summed E-state index contributed by atoms with van der Waals surface area (Å²) >= 11 is 0. The van der Waals surface area contributed by atoms with E-state index in [0.29, 0.717) is 12.0 Å². The molecule has 0 saturated carbocycles. The van der Waals surface area contributed by atoms with E-state index >= 15 is 0 Å². The molecule has 0 N–H and O–H groups in total. The summed E-state index contributed by atoms with van der Waals surface area (Å²) in [6.45, 7) is 7.96. The Morgan fingerprint density at radius 2 is 1.93 bits per heavy atom. The molecule has 28 heavy (non-hydrogen) atoms. The molecule has 1 aliphatic rings. The molecular weight excluding hydrogens is 348 g/mol. The normalized spacial score (nSPS) is 14.6. The minimum Gasteiger partial charge on any atom is -0.335 e. The quantitative estimate of drug-likeness (QED) is 0.661. The lowest BCUT2D eigenvalue weighted by Gasteiger charge is -2.46. The van der Waals surface area contributed by atoms with E-state index in [9.17, 15) is 4.79 Å². The number of hydrogen-bond acceptors (Lipinski definition) is 4. The third-order valence-electron chi connectivity index (χ3n) is 5.25. The zero-order valence-corrected chi connectivity index (χ0v) is 16.5. The monoisotopic (exact) mass is 374 g/mol. The van der Waals surface area contributed by atoms with Gasteiger partial charge in [-0.25, -0.2) is 0 Å². The highest BCUT2D eigenvalue weighted by Gasteiger charge is 2.35. The van der Waals surface area contributed by atoms with E-state index in [1.54, 1.807) is 6.20 Å². The lowest BCUT2D eigenvalue weighted by molar-refractivity contribution is 0.0197. The van der Waals surface area contributed by atoms with Crippen molar-refractivity contribution in [2.45, 2.75) is 26.4 Å². The van der Waals surface area contributed by atoms with Crippen LogP contribution < -0.4 is 0 Å². The zero-order valence-electron chi connectivity index (χ0n) is 16.5. The minimum absolute atomic E-state index is 0.107. The molecule has 0 radical (unpaired) electrons. The molecule has 5 nitrogen and oxygen atoms in total. The molecule has 3 heterocycles. The van der Waals surface area contributed by atoms with Crippen LogP contribution in [0, 0.1) is 5.92 Å². The zero-order chi connectivity index (χ0) is 19.5. The number of fused-ring (bicyclic) bond motifs is 1. The average molecular weight is 374 g/mol. The fourth-order valence-electron chi connectivity index (χ4n) is 3.78. The number of hydrogen-bond donors (Lipinski definition) is 0. The third-order valence-corrected chi connectivity index (χ3v) is 5.25. The van der Waals surface area contributed by atoms with Gasteiger partial charge in [-0.05, 0) is 47.9 Å². The highest BCUT2D eigenvalue weighted by atomic mass is 16.2. The van der Waals surface area contributed by atoms with E-state index in [4.69, 9.17) is 0 Å². The molecule has 1 aliphatic heterocycles. The highest BCUT2D eigenvalue weighted by Crippen LogP contribution is 2.22. The van der Waals surface area contributed by atoms with Crippen LogP contribution in [0.3, 0.4) is 0 Å². The van der Waals surface area contributed by atoms with E-state index in [-0.39, 0.29) is 5.91 Å². The lowest BCUT2D eigenvalue weighted by atomic mass is 10.0. The van der Waals surface area contributed by atoms with Gasteiger partial charge in [-0.2, -0.15) is 0 Å². The molecule has 3 aromatic rings. The van der Waals surface area contributed by atoms with Gasteiger partial charge in [-0.3, -0.25) is 19.7 Å². The summed E-state index contributed by atoms with van der Waals surface area (Å²) in [7, 11) is 0. The molecule has 1 aromatic carbocycles. The average Bonchev–Trinajstić information content (AvgIpc) is 2.66. The third kappa shape index (κ3) is 4.04. The first-order valence-corrected chi connectivity index (χ1v) is 9.87. The summed E-state index contributed by atoms with van der Waals surface area (Å²) in [5.74, 6) is 0.690. The second kappa shape index (κ2) is 8.07. The van der Waals surface area contributed by atoms with Crippen LogP contribution in [0.25, 0.3) is 10.9 Å². The van der Waals surface area contributed by atoms with Gasteiger partial charge >= 0.3 is 0 Å². The number of amides is 1. The number of rotatable bonds is 6. The molecule has 5 heteroatoms. The van der Waals surface area contributed by atoms with Gasteiger partial charge in [0.2, 0.25) is 0 Å². The van der Waals surface area contributed by atoms with E-state index in [1.165, 1.54) is 5.56 Å². The molecular formula is C23H26N4O. The summed E-state index contributed by atoms with van der Waals surface area (Å²) in [6.07, 6.45) is 5.46. The van der Waals surface area contributed by atoms with Gasteiger partial charge in [-0.15, -0.1) is 0 Å². The second-order valence-electron chi connectivity index (χ2n) is 7.95. The van der Waals surface area contributed by atoms with Crippen molar-refractivity contribution in [3.05, 3.63) is 72.2 Å². The Morgan fingerprint density at radius 1 is 1.14 bits per heavy atom. The number of likely N-dealkylation sites (tertiary alicyclic amines) is 1. The van der Waals surface area contributed by atoms with Gasteiger partial charge in [0.25, 0.3) is 5.91 Å². The van der Waals surface area contributed by atoms with Crippen LogP contribution in [0.1, 0.15) is 29.8 Å². The van der Waals surface area contributed by atoms with E-state index < -0.39 is 0 Å². The van der Waals surface area contributed by atoms with E-state index in [2.05, 4.69) is 40.8 Å². The SMILES string of the molecule is CC(C)CN(Cc1ccncc1)C1CN(C(=O)c2ccc3ncccc3c2)C1. The molecule has 4 rings (SSSR count). The molecule has 1 amide bonds. The number of aromatic nitrogens is 2. The van der Waals surface area contributed by atoms with Gasteiger partial charge in [0.1, 0.15) is 0 Å². The largest absolute Gasteiger partial charge is 0.335 e. The summed E-state index contributed by atoms with van der Waals surface area (Å²) in [5, 5.41) is 1.00. The molecule has 2 aromatic heterocycles. The molecule has 144 valence electrons. The molecule has 0 spiro atoms. The fraction of sp³-hybridized carbons (Fsp3) is 0.348. The number of carbonyl (C=O) groups excluding carboxylic acids is 1. The first-order chi connectivity index (χ1) is 13.6. The molecule has 0 unspecified atom stereocenters. The Kier molecular flexibility index (Phi) is 5.35. The first-order valence-electron chi connectivity index (χ1n) is 9.87. The number of pyridine rings is 2. The van der Waals surface area contributed by atoms with Crippen molar-refractivity contribution >= 4 is 16.8 Å². The van der Waals surface area contributed by atoms with Crippen molar-refractivity contribution in [1.29, 1.82) is 0 Å². The summed E-state index contributed by atoms with van der Waals surface area (Å²) in [6, 6.07) is 14.2. The van der Waals surface area contributed by atoms with Gasteiger partial charge in [0.15, 0.2) is 0 Å². The van der Waals surface area contributed by atoms with E-state index in [0.717, 1.165) is 42.6 Å². The first kappa shape index (κ1) is 18.6. The lowest BCUT2D eigenvalue weighted by Crippen LogP contribution is -2.61. The maximum atomic E-state index is 12.9. The van der Waals surface area contributed by atoms with Crippen molar-refractivity contribution in [2.24, 2.45) is 5.92 Å². The smallest absolute Gasteiger partial charge is 0.253 e. The topological polar surface area (TPSA) is 49.3 Å². The van der Waals surface area contributed by atoms with Crippen molar-refractivity contribution in [3.8, 4) is 0 Å². The van der Waals surface area contributed by atoms with Crippen molar-refractivity contribution in [3.63, 3.8) is 0 Å². The standard InChI is InChI=1S/C23H26N4O/c1-17(2)13-26(14-18-7-10-24-11-8-18)21-15-27(16-21)23(28)20-5-6-22-19(12-20)4-3-9-25-22/h3-12,17,21H,13-16H2,1-2H3. The van der Waals surface area contributed by atoms with Gasteiger partial charge < -0.3 is 4.90 Å². The van der Waals surface area contributed by atoms with E-state index in [1.807, 2.05) is 47.6 Å². The van der Waals surface area contributed by atoms with Crippen LogP contribution in [-0.4, -0.2) is 51.4 Å². The van der Waals surface area contributed by atoms with Crippen LogP contribution in [0.5, 0.6) is 0 Å². The van der Waals surface area contributed by atoms with Gasteiger partial charge in [0.05, 0.1) is 5.52 Å². The Hall–Kier alpha value is -2.79. The van der Waals surface area contributed by atoms with Crippen LogP contribution in [0.15, 0.2) is 61.1 Å². The molecule has 0 atom stereocenters. The van der Waals surface area contributed by atoms with Crippen LogP contribution in [0.2, 0.25) is 0 Å². The maximum absolute atomic E-state index is 12.9. The highest BCUT2D eigenvalue weighted by molar-refractivity contribution is 5.98. The second-order valence-corrected chi connectivity index (χ2v) is 7.95. The van der Waals surface area contributed by atoms with Crippen molar-refractivity contribution < 1.29 is 4.79 Å². The van der Waals surface area contributed by atoms with Crippen LogP contribution in [-0.2, 0) is 6.54 Å². The van der Waals surface area contributed by atoms with Gasteiger partial charge in [0, 0.05) is 61.8 Å². The number of nitrogens with zero attached hydrogens (tertiary/aromatic N) is 4. The summed E-state index contributed by atoms with van der Waals surface area (Å²) in [5.41, 5.74) is 2.92. The Morgan fingerprint density at radius 3 is 2.68 bits per heavy atom. The predicted molar refractivity (Wildman–Crippen MR) is 111 cm³/mol. The Balaban J connectivity index is 1.42. The number of benzene rings is 1. The molecule has 0 bridgehead atoms. The Bertz CT molecular complexity index is 951. The predicted octanol–water partition coefficient (Wildman–Crippen LogP) is 3.61. The maximum Gasteiger partial charge on any atom is 0.253 e. The Labute approximate surface area is 166 Å². The molecule has 0 aliphatic carbocycles. The minimum atomic E-state index is 0.107. The summed E-state index contributed by atoms with van der Waals surface area (Å²) in [4.78, 5) is 25.8.